The summed E-state index contributed by atoms with van der Waals surface area (Å²) < 4.78 is 5.86. The van der Waals surface area contributed by atoms with Gasteiger partial charge in [-0.1, -0.05) is 0 Å². The summed E-state index contributed by atoms with van der Waals surface area (Å²) in [5.74, 6) is -0.226. The zero-order valence-corrected chi connectivity index (χ0v) is 23.5. The highest BCUT2D eigenvalue weighted by Crippen LogP contribution is 2.45. The number of piperidine rings is 1. The molecule has 2 amide bonds. The summed E-state index contributed by atoms with van der Waals surface area (Å²) in [6.45, 7) is 4.90. The highest BCUT2D eigenvalue weighted by atomic mass is 16.5. The molecular formula is C31H39N3O7. The van der Waals surface area contributed by atoms with Crippen molar-refractivity contribution in [2.45, 2.75) is 57.6 Å². The molecule has 2 aromatic carbocycles. The maximum Gasteiger partial charge on any atom is 0.336 e. The Bertz CT molecular complexity index is 1280. The van der Waals surface area contributed by atoms with Gasteiger partial charge >= 0.3 is 5.97 Å². The van der Waals surface area contributed by atoms with E-state index in [9.17, 15) is 24.6 Å². The van der Waals surface area contributed by atoms with E-state index in [0.29, 0.717) is 48.9 Å². The molecule has 0 radical (unpaired) electrons. The van der Waals surface area contributed by atoms with E-state index >= 15 is 0 Å². The monoisotopic (exact) mass is 565 g/mol. The van der Waals surface area contributed by atoms with Crippen LogP contribution < -0.4 is 15.0 Å². The van der Waals surface area contributed by atoms with E-state index in [1.54, 1.807) is 30.3 Å². The molecule has 4 N–H and O–H groups in total. The molecule has 220 valence electrons. The number of nitrogens with zero attached hydrogens (tertiary/aromatic N) is 2. The fraction of sp³-hybridized carbons (Fsp3) is 0.516. The largest absolute Gasteiger partial charge is 0.494 e. The molecule has 1 saturated carbocycles. The average molecular weight is 566 g/mol. The first-order valence-electron chi connectivity index (χ1n) is 14.4. The Labute approximate surface area is 239 Å². The normalized spacial score (nSPS) is 19.4. The van der Waals surface area contributed by atoms with Gasteiger partial charge in [-0.05, 0) is 99.0 Å². The van der Waals surface area contributed by atoms with Crippen LogP contribution in [0.3, 0.4) is 0 Å². The number of carboxylic acid groups (broad SMARTS) is 1. The van der Waals surface area contributed by atoms with Gasteiger partial charge in [-0.25, -0.2) is 4.79 Å². The lowest BCUT2D eigenvalue weighted by atomic mass is 9.77. The Morgan fingerprint density at radius 1 is 1.15 bits per heavy atom. The second-order valence-corrected chi connectivity index (χ2v) is 11.6. The summed E-state index contributed by atoms with van der Waals surface area (Å²) in [6, 6.07) is 10.6. The number of nitrogens with one attached hydrogen (secondary N) is 1. The van der Waals surface area contributed by atoms with Crippen molar-refractivity contribution >= 4 is 23.5 Å². The summed E-state index contributed by atoms with van der Waals surface area (Å²) in [7, 11) is 0. The van der Waals surface area contributed by atoms with Gasteiger partial charge in [0.15, 0.2) is 0 Å². The van der Waals surface area contributed by atoms with Crippen LogP contribution in [0.15, 0.2) is 36.4 Å². The summed E-state index contributed by atoms with van der Waals surface area (Å²) in [5.41, 5.74) is 3.35. The van der Waals surface area contributed by atoms with Gasteiger partial charge in [-0.15, -0.1) is 0 Å². The SMILES string of the molecule is CCOc1cc(C(=O)O)c(C2CC2)cc1CN1CCC2(CC1)CC(=O)N(c1ccc(C(=O)NC[C@@H](O)CO)cc1)C2. The summed E-state index contributed by atoms with van der Waals surface area (Å²) in [4.78, 5) is 41.4. The van der Waals surface area contributed by atoms with E-state index in [1.165, 1.54) is 0 Å². The van der Waals surface area contributed by atoms with Gasteiger partial charge in [0.25, 0.3) is 5.91 Å². The molecule has 5 rings (SSSR count). The van der Waals surface area contributed by atoms with Crippen LogP contribution in [0.2, 0.25) is 0 Å². The van der Waals surface area contributed by atoms with Crippen molar-refractivity contribution in [3.63, 3.8) is 0 Å². The van der Waals surface area contributed by atoms with Gasteiger partial charge in [-0.2, -0.15) is 0 Å². The lowest BCUT2D eigenvalue weighted by molar-refractivity contribution is -0.118. The first-order valence-corrected chi connectivity index (χ1v) is 14.4. The minimum absolute atomic E-state index is 0.0382. The highest BCUT2D eigenvalue weighted by molar-refractivity contribution is 5.98. The zero-order chi connectivity index (χ0) is 29.1. The van der Waals surface area contributed by atoms with E-state index in [2.05, 4.69) is 10.2 Å². The summed E-state index contributed by atoms with van der Waals surface area (Å²) in [6.07, 6.45) is 3.30. The maximum absolute atomic E-state index is 13.1. The molecule has 1 atom stereocenters. The molecule has 1 spiro atoms. The minimum atomic E-state index is -1.01. The van der Waals surface area contributed by atoms with Crippen LogP contribution in [0.25, 0.3) is 0 Å². The summed E-state index contributed by atoms with van der Waals surface area (Å²) >= 11 is 0. The third-order valence-electron chi connectivity index (χ3n) is 8.56. The predicted molar refractivity (Wildman–Crippen MR) is 152 cm³/mol. The zero-order valence-electron chi connectivity index (χ0n) is 23.5. The molecule has 0 aromatic heterocycles. The topological polar surface area (TPSA) is 140 Å². The van der Waals surface area contributed by atoms with Crippen molar-refractivity contribution in [1.82, 2.24) is 10.2 Å². The standard InChI is InChI=1S/C31H39N3O7/c1-2-41-27-14-26(30(39)40)25(20-3-4-20)13-22(27)17-33-11-9-31(10-12-33)15-28(37)34(19-31)23-7-5-21(6-8-23)29(38)32-16-24(36)18-35/h5-8,13-14,20,24,35-36H,2-4,9-12,15-19H2,1H3,(H,32,38)(H,39,40)/t24-/m1/s1. The van der Waals surface area contributed by atoms with Gasteiger partial charge in [-0.3, -0.25) is 14.5 Å². The number of aliphatic hydroxyl groups excluding tert-OH is 2. The quantitative estimate of drug-likeness (QED) is 0.326. The van der Waals surface area contributed by atoms with E-state index < -0.39 is 18.7 Å². The Morgan fingerprint density at radius 2 is 1.85 bits per heavy atom. The van der Waals surface area contributed by atoms with Crippen molar-refractivity contribution in [2.24, 2.45) is 5.41 Å². The van der Waals surface area contributed by atoms with Crippen molar-refractivity contribution in [3.05, 3.63) is 58.7 Å². The average Bonchev–Trinajstić information content (AvgIpc) is 3.77. The molecular weight excluding hydrogens is 526 g/mol. The number of amides is 2. The fourth-order valence-corrected chi connectivity index (χ4v) is 6.04. The molecule has 10 heteroatoms. The number of aliphatic hydroxyl groups is 2. The number of rotatable bonds is 11. The van der Waals surface area contributed by atoms with Gasteiger partial charge in [0, 0.05) is 42.9 Å². The number of hydrogen-bond acceptors (Lipinski definition) is 7. The number of hydrogen-bond donors (Lipinski definition) is 4. The minimum Gasteiger partial charge on any atom is -0.494 e. The smallest absolute Gasteiger partial charge is 0.336 e. The lowest BCUT2D eigenvalue weighted by Crippen LogP contribution is -2.41. The van der Waals surface area contributed by atoms with Gasteiger partial charge in [0.1, 0.15) is 5.75 Å². The third-order valence-corrected chi connectivity index (χ3v) is 8.56. The number of carbonyl (C=O) groups excluding carboxylic acids is 2. The molecule has 10 nitrogen and oxygen atoms in total. The van der Waals surface area contributed by atoms with Crippen molar-refractivity contribution in [2.75, 3.05) is 44.3 Å². The molecule has 2 aliphatic heterocycles. The fourth-order valence-electron chi connectivity index (χ4n) is 6.04. The number of carbonyl (C=O) groups is 3. The number of aromatic carboxylic acids is 1. The third kappa shape index (κ3) is 6.55. The van der Waals surface area contributed by atoms with E-state index in [-0.39, 0.29) is 23.8 Å². The number of ether oxygens (including phenoxy) is 1. The number of likely N-dealkylation sites (tertiary alicyclic amines) is 1. The number of benzene rings is 2. The van der Waals surface area contributed by atoms with Crippen LogP contribution >= 0.6 is 0 Å². The molecule has 3 fully saturated rings. The Balaban J connectivity index is 1.21. The first-order chi connectivity index (χ1) is 19.7. The van der Waals surface area contributed by atoms with E-state index in [1.807, 2.05) is 17.9 Å². The van der Waals surface area contributed by atoms with Crippen molar-refractivity contribution in [3.8, 4) is 5.75 Å². The van der Waals surface area contributed by atoms with Gasteiger partial charge in [0.05, 0.1) is 24.9 Å². The lowest BCUT2D eigenvalue weighted by Gasteiger charge is -2.39. The van der Waals surface area contributed by atoms with Crippen LogP contribution in [0.1, 0.15) is 76.8 Å². The van der Waals surface area contributed by atoms with E-state index in [0.717, 1.165) is 55.6 Å². The molecule has 2 heterocycles. The number of carboxylic acids is 1. The van der Waals surface area contributed by atoms with Crippen LogP contribution in [0, 0.1) is 5.41 Å². The van der Waals surface area contributed by atoms with Crippen LogP contribution in [0.5, 0.6) is 5.75 Å². The molecule has 41 heavy (non-hydrogen) atoms. The van der Waals surface area contributed by atoms with Crippen molar-refractivity contribution in [1.29, 1.82) is 0 Å². The van der Waals surface area contributed by atoms with Crippen molar-refractivity contribution < 1.29 is 34.4 Å². The second kappa shape index (κ2) is 12.2. The Morgan fingerprint density at radius 3 is 2.46 bits per heavy atom. The van der Waals surface area contributed by atoms with Crippen LogP contribution in [0.4, 0.5) is 5.69 Å². The molecule has 0 bridgehead atoms. The Hall–Kier alpha value is -3.47. The molecule has 0 unspecified atom stereocenters. The number of anilines is 1. The molecule has 2 saturated heterocycles. The predicted octanol–water partition coefficient (Wildman–Crippen LogP) is 2.76. The van der Waals surface area contributed by atoms with Crippen LogP contribution in [-0.4, -0.2) is 83.5 Å². The summed E-state index contributed by atoms with van der Waals surface area (Å²) in [5, 5.41) is 30.7. The van der Waals surface area contributed by atoms with E-state index in [4.69, 9.17) is 9.84 Å². The molecule has 1 aliphatic carbocycles. The molecule has 3 aliphatic rings. The Kier molecular flexibility index (Phi) is 8.63. The highest BCUT2D eigenvalue weighted by Gasteiger charge is 2.45. The maximum atomic E-state index is 13.1. The second-order valence-electron chi connectivity index (χ2n) is 11.6. The van der Waals surface area contributed by atoms with Gasteiger partial charge < -0.3 is 30.3 Å². The van der Waals surface area contributed by atoms with Crippen LogP contribution in [-0.2, 0) is 11.3 Å². The van der Waals surface area contributed by atoms with Gasteiger partial charge in [0.2, 0.25) is 5.91 Å². The molecule has 2 aromatic rings. The first kappa shape index (κ1) is 29.0.